The van der Waals surface area contributed by atoms with Crippen molar-refractivity contribution in [2.24, 2.45) is 0 Å². The van der Waals surface area contributed by atoms with E-state index in [-0.39, 0.29) is 23.5 Å². The zero-order valence-corrected chi connectivity index (χ0v) is 17.4. The molecule has 0 spiro atoms. The highest BCUT2D eigenvalue weighted by Crippen LogP contribution is 2.27. The number of hydrogen-bond acceptors (Lipinski definition) is 5. The van der Waals surface area contributed by atoms with E-state index >= 15 is 0 Å². The normalized spacial score (nSPS) is 13.3. The summed E-state index contributed by atoms with van der Waals surface area (Å²) in [4.78, 5) is 12.4. The Labute approximate surface area is 178 Å². The van der Waals surface area contributed by atoms with Crippen LogP contribution in [-0.4, -0.2) is 35.9 Å². The number of ether oxygens (including phenoxy) is 1. The molecule has 8 nitrogen and oxygen atoms in total. The van der Waals surface area contributed by atoms with Crippen LogP contribution in [0, 0.1) is 0 Å². The van der Waals surface area contributed by atoms with E-state index in [0.717, 1.165) is 22.2 Å². The Morgan fingerprint density at radius 2 is 1.94 bits per heavy atom. The lowest BCUT2D eigenvalue weighted by Gasteiger charge is -2.11. The first-order valence-corrected chi connectivity index (χ1v) is 11.4. The summed E-state index contributed by atoms with van der Waals surface area (Å²) >= 11 is 0. The molecule has 158 valence electrons. The fourth-order valence-corrected chi connectivity index (χ4v) is 4.78. The number of nitrogens with zero attached hydrogens (tertiary/aromatic N) is 3. The lowest BCUT2D eigenvalue weighted by molar-refractivity contribution is 0.356. The van der Waals surface area contributed by atoms with Crippen molar-refractivity contribution < 1.29 is 13.2 Å². The van der Waals surface area contributed by atoms with Gasteiger partial charge in [0.2, 0.25) is 10.0 Å². The van der Waals surface area contributed by atoms with Gasteiger partial charge in [-0.15, -0.1) is 0 Å². The lowest BCUT2D eigenvalue weighted by Crippen LogP contribution is -2.32. The second-order valence-electron chi connectivity index (χ2n) is 7.26. The minimum absolute atomic E-state index is 0.0404. The first-order chi connectivity index (χ1) is 15.0. The third-order valence-electron chi connectivity index (χ3n) is 5.29. The van der Waals surface area contributed by atoms with Crippen LogP contribution in [0.15, 0.2) is 76.6 Å². The summed E-state index contributed by atoms with van der Waals surface area (Å²) in [6, 6.07) is 17.8. The number of sulfonamides is 1. The molecule has 0 saturated carbocycles. The molecule has 0 saturated heterocycles. The second kappa shape index (κ2) is 7.68. The van der Waals surface area contributed by atoms with Crippen LogP contribution in [0.25, 0.3) is 16.7 Å². The predicted octanol–water partition coefficient (Wildman–Crippen LogP) is 2.10. The van der Waals surface area contributed by atoms with E-state index in [9.17, 15) is 13.2 Å². The van der Waals surface area contributed by atoms with Crippen LogP contribution < -0.4 is 15.0 Å². The number of aromatic nitrogens is 3. The molecule has 2 aromatic heterocycles. The Balaban J connectivity index is 1.34. The van der Waals surface area contributed by atoms with E-state index in [1.54, 1.807) is 18.2 Å². The molecule has 3 heterocycles. The second-order valence-corrected chi connectivity index (χ2v) is 9.03. The molecular weight excluding hydrogens is 416 g/mol. The van der Waals surface area contributed by atoms with Crippen LogP contribution in [-0.2, 0) is 23.0 Å². The molecule has 2 aromatic carbocycles. The van der Waals surface area contributed by atoms with Gasteiger partial charge < -0.3 is 4.74 Å². The summed E-state index contributed by atoms with van der Waals surface area (Å²) in [5.74, 6) is 1.31. The quantitative estimate of drug-likeness (QED) is 0.500. The Hall–Kier alpha value is -3.43. The molecule has 9 heteroatoms. The van der Waals surface area contributed by atoms with E-state index < -0.39 is 10.0 Å². The zero-order valence-electron chi connectivity index (χ0n) is 16.6. The van der Waals surface area contributed by atoms with E-state index in [2.05, 4.69) is 9.82 Å². The van der Waals surface area contributed by atoms with Gasteiger partial charge in [0.05, 0.1) is 23.6 Å². The van der Waals surface area contributed by atoms with Crippen LogP contribution >= 0.6 is 0 Å². The highest BCUT2D eigenvalue weighted by molar-refractivity contribution is 7.89. The van der Waals surface area contributed by atoms with Gasteiger partial charge in [0, 0.05) is 25.2 Å². The van der Waals surface area contributed by atoms with E-state index in [0.29, 0.717) is 18.8 Å². The van der Waals surface area contributed by atoms with Crippen LogP contribution in [0.3, 0.4) is 0 Å². The molecule has 0 bridgehead atoms. The monoisotopic (exact) mass is 436 g/mol. The summed E-state index contributed by atoms with van der Waals surface area (Å²) in [6.45, 7) is 0.714. The molecule has 5 rings (SSSR count). The van der Waals surface area contributed by atoms with Gasteiger partial charge >= 0.3 is 0 Å². The van der Waals surface area contributed by atoms with Crippen molar-refractivity contribution >= 4 is 20.9 Å². The van der Waals surface area contributed by atoms with Crippen molar-refractivity contribution in [3.8, 4) is 11.6 Å². The summed E-state index contributed by atoms with van der Waals surface area (Å²) in [5.41, 5.74) is 1.56. The smallest absolute Gasteiger partial charge is 0.266 e. The van der Waals surface area contributed by atoms with Gasteiger partial charge in [0.1, 0.15) is 5.75 Å². The van der Waals surface area contributed by atoms with Gasteiger partial charge in [0.25, 0.3) is 5.56 Å². The van der Waals surface area contributed by atoms with E-state index in [4.69, 9.17) is 4.74 Å². The Morgan fingerprint density at radius 1 is 1.06 bits per heavy atom. The molecule has 0 atom stereocenters. The summed E-state index contributed by atoms with van der Waals surface area (Å²) < 4.78 is 36.4. The Kier molecular flexibility index (Phi) is 4.84. The molecule has 0 radical (unpaired) electrons. The third-order valence-corrected chi connectivity index (χ3v) is 6.74. The van der Waals surface area contributed by atoms with Gasteiger partial charge in [-0.05, 0) is 47.3 Å². The SMILES string of the molecule is O=c1ccc(-n2ccc3ccccc32)nn1CCNS(=O)(=O)c1ccc2c(c1)CCO2. The van der Waals surface area contributed by atoms with Crippen LogP contribution in [0.2, 0.25) is 0 Å². The number of benzene rings is 2. The van der Waals surface area contributed by atoms with E-state index in [1.807, 2.05) is 41.1 Å². The predicted molar refractivity (Wildman–Crippen MR) is 116 cm³/mol. The molecule has 0 unspecified atom stereocenters. The number of nitrogens with one attached hydrogen (secondary N) is 1. The molecule has 0 aliphatic carbocycles. The molecule has 0 amide bonds. The molecule has 0 fully saturated rings. The molecule has 1 aliphatic heterocycles. The van der Waals surface area contributed by atoms with Crippen molar-refractivity contribution in [3.63, 3.8) is 0 Å². The summed E-state index contributed by atoms with van der Waals surface area (Å²) in [6.07, 6.45) is 2.58. The van der Waals surface area contributed by atoms with Gasteiger partial charge in [0.15, 0.2) is 5.82 Å². The maximum absolute atomic E-state index is 12.6. The third kappa shape index (κ3) is 3.73. The van der Waals surface area contributed by atoms with Gasteiger partial charge in [-0.1, -0.05) is 18.2 Å². The molecular formula is C22H20N4O4S. The zero-order chi connectivity index (χ0) is 21.4. The van der Waals surface area contributed by atoms with Crippen molar-refractivity contribution in [1.82, 2.24) is 19.1 Å². The Morgan fingerprint density at radius 3 is 2.84 bits per heavy atom. The van der Waals surface area contributed by atoms with Crippen molar-refractivity contribution in [3.05, 3.63) is 82.8 Å². The van der Waals surface area contributed by atoms with E-state index in [1.165, 1.54) is 16.8 Å². The van der Waals surface area contributed by atoms with Crippen molar-refractivity contribution in [2.75, 3.05) is 13.2 Å². The topological polar surface area (TPSA) is 95.2 Å². The standard InChI is InChI=1S/C22H20N4O4S/c27-22-8-7-21(25-12-9-16-3-1-2-4-19(16)25)24-26(22)13-11-23-31(28,29)18-5-6-20-17(15-18)10-14-30-20/h1-9,12,15,23H,10-11,13-14H2. The highest BCUT2D eigenvalue weighted by Gasteiger charge is 2.19. The Bertz CT molecular complexity index is 1440. The molecule has 1 aliphatic rings. The molecule has 4 aromatic rings. The summed E-state index contributed by atoms with van der Waals surface area (Å²) in [5, 5.41) is 5.48. The maximum atomic E-state index is 12.6. The van der Waals surface area contributed by atoms with Crippen LogP contribution in [0.5, 0.6) is 5.75 Å². The van der Waals surface area contributed by atoms with Crippen molar-refractivity contribution in [1.29, 1.82) is 0 Å². The van der Waals surface area contributed by atoms with Crippen LogP contribution in [0.4, 0.5) is 0 Å². The molecule has 31 heavy (non-hydrogen) atoms. The summed E-state index contributed by atoms with van der Waals surface area (Å²) in [7, 11) is -3.70. The minimum Gasteiger partial charge on any atom is -0.493 e. The average Bonchev–Trinajstić information content (AvgIpc) is 3.41. The fourth-order valence-electron chi connectivity index (χ4n) is 3.71. The van der Waals surface area contributed by atoms with Gasteiger partial charge in [-0.2, -0.15) is 5.10 Å². The first-order valence-electron chi connectivity index (χ1n) is 9.91. The largest absolute Gasteiger partial charge is 0.493 e. The average molecular weight is 436 g/mol. The van der Waals surface area contributed by atoms with Crippen LogP contribution in [0.1, 0.15) is 5.56 Å². The molecule has 1 N–H and O–H groups in total. The number of para-hydroxylation sites is 1. The number of hydrogen-bond donors (Lipinski definition) is 1. The minimum atomic E-state index is -3.70. The van der Waals surface area contributed by atoms with Gasteiger partial charge in [-0.25, -0.2) is 17.8 Å². The first kappa shape index (κ1) is 19.5. The van der Waals surface area contributed by atoms with Gasteiger partial charge in [-0.3, -0.25) is 9.36 Å². The van der Waals surface area contributed by atoms with Crippen molar-refractivity contribution in [2.45, 2.75) is 17.9 Å². The number of rotatable bonds is 6. The fraction of sp³-hybridized carbons (Fsp3) is 0.182. The number of fused-ring (bicyclic) bond motifs is 2. The highest BCUT2D eigenvalue weighted by atomic mass is 32.2. The maximum Gasteiger partial charge on any atom is 0.266 e. The lowest BCUT2D eigenvalue weighted by atomic mass is 10.2.